The average molecular weight is 234 g/mol. The maximum Gasteiger partial charge on any atom is 0.152 e. The third kappa shape index (κ3) is 2.72. The summed E-state index contributed by atoms with van der Waals surface area (Å²) in [5, 5.41) is 0. The molecule has 1 saturated heterocycles. The molecule has 0 unspecified atom stereocenters. The Labute approximate surface area is 101 Å². The van der Waals surface area contributed by atoms with Crippen molar-refractivity contribution in [2.75, 3.05) is 37.0 Å². The number of nitrogens with zero attached hydrogens (tertiary/aromatic N) is 4. The summed E-state index contributed by atoms with van der Waals surface area (Å²) in [4.78, 5) is 24.2. The second-order valence-corrected chi connectivity index (χ2v) is 4.59. The quantitative estimate of drug-likeness (QED) is 0.764. The first-order chi connectivity index (χ1) is 8.06. The van der Waals surface area contributed by atoms with Crippen molar-refractivity contribution in [3.8, 4) is 0 Å². The molecule has 5 nitrogen and oxygen atoms in total. The lowest BCUT2D eigenvalue weighted by Gasteiger charge is -2.27. The Kier molecular flexibility index (Phi) is 3.26. The molecule has 5 heteroatoms. The Balaban J connectivity index is 2.28. The predicted octanol–water partition coefficient (Wildman–Crippen LogP) is 1.02. The summed E-state index contributed by atoms with van der Waals surface area (Å²) in [5.41, 5.74) is 0. The highest BCUT2D eigenvalue weighted by atomic mass is 16.1. The molecule has 0 aromatic carbocycles. The number of piperidine rings is 1. The highest BCUT2D eigenvalue weighted by Crippen LogP contribution is 2.20. The molecule has 92 valence electrons. The van der Waals surface area contributed by atoms with Crippen molar-refractivity contribution in [2.45, 2.75) is 19.8 Å². The fraction of sp³-hybridized carbons (Fsp3) is 0.583. The average Bonchev–Trinajstić information content (AvgIpc) is 2.28. The van der Waals surface area contributed by atoms with Crippen LogP contribution in [0.2, 0.25) is 0 Å². The number of aromatic nitrogens is 2. The molecule has 1 aliphatic heterocycles. The first kappa shape index (κ1) is 11.8. The SMILES string of the molecule is Cc1nc(N(C)C)cc(N2CCCC(=O)C2)n1. The van der Waals surface area contributed by atoms with E-state index in [0.29, 0.717) is 18.7 Å². The van der Waals surface area contributed by atoms with Gasteiger partial charge in [-0.3, -0.25) is 4.79 Å². The van der Waals surface area contributed by atoms with Crippen LogP contribution in [0.3, 0.4) is 0 Å². The second kappa shape index (κ2) is 4.69. The lowest BCUT2D eigenvalue weighted by molar-refractivity contribution is -0.118. The molecule has 0 aliphatic carbocycles. The molecule has 2 heterocycles. The molecule has 2 rings (SSSR count). The van der Waals surface area contributed by atoms with Crippen molar-refractivity contribution < 1.29 is 4.79 Å². The Morgan fingerprint density at radius 3 is 2.76 bits per heavy atom. The number of rotatable bonds is 2. The zero-order valence-corrected chi connectivity index (χ0v) is 10.6. The number of hydrogen-bond acceptors (Lipinski definition) is 5. The van der Waals surface area contributed by atoms with Gasteiger partial charge >= 0.3 is 0 Å². The normalized spacial score (nSPS) is 16.2. The van der Waals surface area contributed by atoms with Gasteiger partial charge in [-0.15, -0.1) is 0 Å². The van der Waals surface area contributed by atoms with Gasteiger partial charge in [0.2, 0.25) is 0 Å². The molecular weight excluding hydrogens is 216 g/mol. The molecule has 0 saturated carbocycles. The Morgan fingerprint density at radius 1 is 1.35 bits per heavy atom. The van der Waals surface area contributed by atoms with Crippen molar-refractivity contribution in [3.05, 3.63) is 11.9 Å². The largest absolute Gasteiger partial charge is 0.363 e. The van der Waals surface area contributed by atoms with E-state index in [1.54, 1.807) is 0 Å². The van der Waals surface area contributed by atoms with Crippen LogP contribution < -0.4 is 9.80 Å². The zero-order valence-electron chi connectivity index (χ0n) is 10.6. The van der Waals surface area contributed by atoms with Gasteiger partial charge < -0.3 is 9.80 Å². The number of ketones is 1. The van der Waals surface area contributed by atoms with Gasteiger partial charge in [0.1, 0.15) is 17.5 Å². The number of carbonyl (C=O) groups is 1. The summed E-state index contributed by atoms with van der Waals surface area (Å²) in [6.45, 7) is 3.25. The molecule has 0 N–H and O–H groups in total. The predicted molar refractivity (Wildman–Crippen MR) is 67.6 cm³/mol. The van der Waals surface area contributed by atoms with E-state index in [2.05, 4.69) is 9.97 Å². The molecule has 0 amide bonds. The van der Waals surface area contributed by atoms with Crippen molar-refractivity contribution in [1.29, 1.82) is 0 Å². The lowest BCUT2D eigenvalue weighted by atomic mass is 10.1. The zero-order chi connectivity index (χ0) is 12.4. The molecule has 0 atom stereocenters. The highest BCUT2D eigenvalue weighted by Gasteiger charge is 2.19. The van der Waals surface area contributed by atoms with E-state index in [1.807, 2.05) is 36.9 Å². The van der Waals surface area contributed by atoms with Gasteiger partial charge in [-0.1, -0.05) is 0 Å². The van der Waals surface area contributed by atoms with E-state index < -0.39 is 0 Å². The fourth-order valence-electron chi connectivity index (χ4n) is 1.96. The number of anilines is 2. The summed E-state index contributed by atoms with van der Waals surface area (Å²) in [5.74, 6) is 2.77. The van der Waals surface area contributed by atoms with Crippen LogP contribution in [0, 0.1) is 6.92 Å². The first-order valence-electron chi connectivity index (χ1n) is 5.86. The Bertz CT molecular complexity index is 431. The summed E-state index contributed by atoms with van der Waals surface area (Å²) < 4.78 is 0. The van der Waals surface area contributed by atoms with Crippen LogP contribution in [-0.4, -0.2) is 42.9 Å². The van der Waals surface area contributed by atoms with E-state index in [4.69, 9.17) is 0 Å². The highest BCUT2D eigenvalue weighted by molar-refractivity contribution is 5.84. The van der Waals surface area contributed by atoms with Gasteiger partial charge in [0.25, 0.3) is 0 Å². The molecule has 0 spiro atoms. The fourth-order valence-corrected chi connectivity index (χ4v) is 1.96. The van der Waals surface area contributed by atoms with E-state index >= 15 is 0 Å². The van der Waals surface area contributed by atoms with Crippen LogP contribution in [0.1, 0.15) is 18.7 Å². The van der Waals surface area contributed by atoms with Gasteiger partial charge in [-0.25, -0.2) is 9.97 Å². The first-order valence-corrected chi connectivity index (χ1v) is 5.86. The topological polar surface area (TPSA) is 49.3 Å². The van der Waals surface area contributed by atoms with Gasteiger partial charge in [0.05, 0.1) is 6.54 Å². The number of aryl methyl sites for hydroxylation is 1. The summed E-state index contributed by atoms with van der Waals surface area (Å²) in [6.07, 6.45) is 1.61. The molecule has 0 radical (unpaired) electrons. The minimum absolute atomic E-state index is 0.291. The van der Waals surface area contributed by atoms with Crippen molar-refractivity contribution in [2.24, 2.45) is 0 Å². The van der Waals surface area contributed by atoms with Crippen molar-refractivity contribution in [1.82, 2.24) is 9.97 Å². The summed E-state index contributed by atoms with van der Waals surface area (Å²) >= 11 is 0. The molecule has 1 aromatic heterocycles. The lowest BCUT2D eigenvalue weighted by Crippen LogP contribution is -2.36. The standard InChI is InChI=1S/C12H18N4O/c1-9-13-11(15(2)3)7-12(14-9)16-6-4-5-10(17)8-16/h7H,4-6,8H2,1-3H3. The van der Waals surface area contributed by atoms with E-state index in [1.165, 1.54) is 0 Å². The van der Waals surface area contributed by atoms with E-state index in [0.717, 1.165) is 30.4 Å². The molecule has 1 fully saturated rings. The van der Waals surface area contributed by atoms with Crippen LogP contribution >= 0.6 is 0 Å². The molecule has 1 aliphatic rings. The third-order valence-electron chi connectivity index (χ3n) is 2.84. The van der Waals surface area contributed by atoms with Crippen LogP contribution in [0.4, 0.5) is 11.6 Å². The van der Waals surface area contributed by atoms with Gasteiger partial charge in [0, 0.05) is 33.1 Å². The minimum Gasteiger partial charge on any atom is -0.363 e. The van der Waals surface area contributed by atoms with E-state index in [-0.39, 0.29) is 0 Å². The monoisotopic (exact) mass is 234 g/mol. The molecular formula is C12H18N4O. The molecule has 17 heavy (non-hydrogen) atoms. The van der Waals surface area contributed by atoms with E-state index in [9.17, 15) is 4.79 Å². The third-order valence-corrected chi connectivity index (χ3v) is 2.84. The van der Waals surface area contributed by atoms with Gasteiger partial charge in [0.15, 0.2) is 5.78 Å². The smallest absolute Gasteiger partial charge is 0.152 e. The minimum atomic E-state index is 0.291. The van der Waals surface area contributed by atoms with Crippen LogP contribution in [0.15, 0.2) is 6.07 Å². The maximum absolute atomic E-state index is 11.5. The summed E-state index contributed by atoms with van der Waals surface area (Å²) in [7, 11) is 3.90. The summed E-state index contributed by atoms with van der Waals surface area (Å²) in [6, 6.07) is 1.94. The van der Waals surface area contributed by atoms with Crippen LogP contribution in [-0.2, 0) is 4.79 Å². The Morgan fingerprint density at radius 2 is 2.12 bits per heavy atom. The number of carbonyl (C=O) groups excluding carboxylic acids is 1. The molecule has 1 aromatic rings. The van der Waals surface area contributed by atoms with Crippen LogP contribution in [0.5, 0.6) is 0 Å². The maximum atomic E-state index is 11.5. The number of Topliss-reactive ketones (excluding diaryl/α,β-unsaturated/α-hetero) is 1. The van der Waals surface area contributed by atoms with Crippen molar-refractivity contribution >= 4 is 17.4 Å². The second-order valence-electron chi connectivity index (χ2n) is 4.59. The Hall–Kier alpha value is -1.65. The molecule has 0 bridgehead atoms. The van der Waals surface area contributed by atoms with Crippen molar-refractivity contribution in [3.63, 3.8) is 0 Å². The number of hydrogen-bond donors (Lipinski definition) is 0. The van der Waals surface area contributed by atoms with Gasteiger partial charge in [-0.05, 0) is 13.3 Å². The van der Waals surface area contributed by atoms with Crippen LogP contribution in [0.25, 0.3) is 0 Å². The van der Waals surface area contributed by atoms with Gasteiger partial charge in [-0.2, -0.15) is 0 Å².